The molecule has 2 aromatic rings. The molecule has 0 spiro atoms. The second-order valence-electron chi connectivity index (χ2n) is 6.42. The topological polar surface area (TPSA) is 57.4 Å². The maximum atomic E-state index is 9.56. The molecule has 1 aromatic carbocycles. The minimum absolute atomic E-state index is 0.269. The number of rotatable bonds is 5. The molecule has 124 valence electrons. The molecule has 23 heavy (non-hydrogen) atoms. The highest BCUT2D eigenvalue weighted by atomic mass is 16.3. The van der Waals surface area contributed by atoms with E-state index in [4.69, 9.17) is 0 Å². The van der Waals surface area contributed by atoms with E-state index >= 15 is 0 Å². The first-order valence-electron chi connectivity index (χ1n) is 8.23. The summed E-state index contributed by atoms with van der Waals surface area (Å²) in [5.74, 6) is 0. The van der Waals surface area contributed by atoms with Crippen LogP contribution in [0.3, 0.4) is 0 Å². The first kappa shape index (κ1) is 16.1. The highest BCUT2D eigenvalue weighted by Crippen LogP contribution is 2.13. The molecule has 1 N–H and O–H groups in total. The van der Waals surface area contributed by atoms with Crippen molar-refractivity contribution < 1.29 is 5.11 Å². The number of aliphatic hydroxyl groups is 1. The van der Waals surface area contributed by atoms with Gasteiger partial charge in [0, 0.05) is 38.8 Å². The van der Waals surface area contributed by atoms with Crippen LogP contribution in [-0.2, 0) is 6.54 Å². The summed E-state index contributed by atoms with van der Waals surface area (Å²) in [6, 6.07) is 10.5. The van der Waals surface area contributed by atoms with Gasteiger partial charge in [0.25, 0.3) is 0 Å². The molecule has 0 amide bonds. The van der Waals surface area contributed by atoms with Gasteiger partial charge in [-0.3, -0.25) is 9.80 Å². The van der Waals surface area contributed by atoms with Crippen LogP contribution in [0, 0.1) is 0 Å². The molecule has 6 nitrogen and oxygen atoms in total. The zero-order valence-corrected chi connectivity index (χ0v) is 13.8. The van der Waals surface area contributed by atoms with Gasteiger partial charge in [0.1, 0.15) is 0 Å². The lowest BCUT2D eigenvalue weighted by atomic mass is 10.1. The Labute approximate surface area is 137 Å². The quantitative estimate of drug-likeness (QED) is 0.897. The first-order valence-corrected chi connectivity index (χ1v) is 8.23. The van der Waals surface area contributed by atoms with Gasteiger partial charge >= 0.3 is 0 Å². The van der Waals surface area contributed by atoms with Gasteiger partial charge in [-0.05, 0) is 26.0 Å². The van der Waals surface area contributed by atoms with E-state index in [0.29, 0.717) is 6.04 Å². The molecule has 0 bridgehead atoms. The Morgan fingerprint density at radius 3 is 2.74 bits per heavy atom. The summed E-state index contributed by atoms with van der Waals surface area (Å²) in [6.07, 6.45) is 1.73. The first-order chi connectivity index (χ1) is 11.1. The fourth-order valence-electron chi connectivity index (χ4n) is 3.13. The van der Waals surface area contributed by atoms with Crippen molar-refractivity contribution in [2.75, 3.05) is 26.2 Å². The number of aromatic nitrogens is 3. The smallest absolute Gasteiger partial charge is 0.0971 e. The van der Waals surface area contributed by atoms with Crippen LogP contribution in [-0.4, -0.2) is 68.2 Å². The molecule has 0 radical (unpaired) electrons. The van der Waals surface area contributed by atoms with E-state index < -0.39 is 0 Å². The maximum Gasteiger partial charge on any atom is 0.0971 e. The molecular formula is C17H25N5O. The summed E-state index contributed by atoms with van der Waals surface area (Å²) in [4.78, 5) is 4.75. The Kier molecular flexibility index (Phi) is 5.05. The zero-order chi connectivity index (χ0) is 16.2. The molecule has 6 heteroatoms. The van der Waals surface area contributed by atoms with Crippen LogP contribution >= 0.6 is 0 Å². The molecule has 0 saturated carbocycles. The maximum absolute atomic E-state index is 9.56. The minimum Gasteiger partial charge on any atom is -0.392 e. The summed E-state index contributed by atoms with van der Waals surface area (Å²) in [5, 5.41) is 18.1. The fraction of sp³-hybridized carbons (Fsp3) is 0.529. The van der Waals surface area contributed by atoms with E-state index in [2.05, 4.69) is 27.0 Å². The molecule has 1 aromatic heterocycles. The second-order valence-corrected chi connectivity index (χ2v) is 6.42. The second kappa shape index (κ2) is 7.21. The van der Waals surface area contributed by atoms with Crippen LogP contribution in [0.5, 0.6) is 0 Å². The average molecular weight is 315 g/mol. The van der Waals surface area contributed by atoms with E-state index in [9.17, 15) is 5.11 Å². The molecule has 2 heterocycles. The van der Waals surface area contributed by atoms with Crippen molar-refractivity contribution in [3.8, 4) is 5.69 Å². The lowest BCUT2D eigenvalue weighted by Gasteiger charge is -2.40. The van der Waals surface area contributed by atoms with Gasteiger partial charge < -0.3 is 5.11 Å². The lowest BCUT2D eigenvalue weighted by molar-refractivity contribution is 0.0418. The number of nitrogens with zero attached hydrogens (tertiary/aromatic N) is 5. The van der Waals surface area contributed by atoms with Crippen molar-refractivity contribution in [2.24, 2.45) is 0 Å². The average Bonchev–Trinajstić information content (AvgIpc) is 2.99. The van der Waals surface area contributed by atoms with Gasteiger partial charge in [0.2, 0.25) is 0 Å². The highest BCUT2D eigenvalue weighted by Gasteiger charge is 2.24. The third-order valence-corrected chi connectivity index (χ3v) is 4.30. The minimum atomic E-state index is -0.269. The molecular weight excluding hydrogens is 290 g/mol. The molecule has 1 aliphatic rings. The van der Waals surface area contributed by atoms with Crippen molar-refractivity contribution in [1.29, 1.82) is 0 Å². The summed E-state index contributed by atoms with van der Waals surface area (Å²) >= 11 is 0. The van der Waals surface area contributed by atoms with Crippen LogP contribution in [0.1, 0.15) is 19.5 Å². The van der Waals surface area contributed by atoms with Crippen molar-refractivity contribution in [3.63, 3.8) is 0 Å². The Hall–Kier alpha value is -1.76. The molecule has 0 aliphatic carbocycles. The summed E-state index contributed by atoms with van der Waals surface area (Å²) in [6.45, 7) is 8.61. The monoisotopic (exact) mass is 315 g/mol. The fourth-order valence-corrected chi connectivity index (χ4v) is 3.13. The third kappa shape index (κ3) is 4.16. The molecule has 3 rings (SSSR count). The highest BCUT2D eigenvalue weighted by molar-refractivity contribution is 5.29. The number of hydrogen-bond acceptors (Lipinski definition) is 5. The van der Waals surface area contributed by atoms with E-state index in [1.165, 1.54) is 0 Å². The Morgan fingerprint density at radius 2 is 2.04 bits per heavy atom. The van der Waals surface area contributed by atoms with Crippen LogP contribution < -0.4 is 0 Å². The van der Waals surface area contributed by atoms with Crippen molar-refractivity contribution >= 4 is 0 Å². The normalized spacial score (nSPS) is 21.4. The molecule has 1 saturated heterocycles. The van der Waals surface area contributed by atoms with Gasteiger partial charge in [-0.25, -0.2) is 4.68 Å². The van der Waals surface area contributed by atoms with Crippen molar-refractivity contribution in [2.45, 2.75) is 32.5 Å². The van der Waals surface area contributed by atoms with Gasteiger partial charge in [-0.15, -0.1) is 5.10 Å². The molecule has 1 fully saturated rings. The van der Waals surface area contributed by atoms with E-state index in [1.54, 1.807) is 0 Å². The van der Waals surface area contributed by atoms with E-state index in [0.717, 1.165) is 44.1 Å². The van der Waals surface area contributed by atoms with Crippen LogP contribution in [0.25, 0.3) is 5.69 Å². The van der Waals surface area contributed by atoms with Gasteiger partial charge in [0.15, 0.2) is 0 Å². The predicted octanol–water partition coefficient (Wildman–Crippen LogP) is 1.15. The SMILES string of the molecule is CC(O)CN1CCN(Cc2cn(-c3ccccc3)nn2)CC1C. The number of para-hydroxylation sites is 1. The predicted molar refractivity (Wildman–Crippen MR) is 89.4 cm³/mol. The summed E-state index contributed by atoms with van der Waals surface area (Å²) in [7, 11) is 0. The number of hydrogen-bond donors (Lipinski definition) is 1. The lowest BCUT2D eigenvalue weighted by Crippen LogP contribution is -2.53. The Balaban J connectivity index is 1.58. The number of benzene rings is 1. The van der Waals surface area contributed by atoms with Crippen molar-refractivity contribution in [1.82, 2.24) is 24.8 Å². The van der Waals surface area contributed by atoms with Gasteiger partial charge in [0.05, 0.1) is 23.7 Å². The zero-order valence-electron chi connectivity index (χ0n) is 13.8. The van der Waals surface area contributed by atoms with Crippen molar-refractivity contribution in [3.05, 3.63) is 42.2 Å². The molecule has 2 atom stereocenters. The largest absolute Gasteiger partial charge is 0.392 e. The van der Waals surface area contributed by atoms with E-state index in [1.807, 2.05) is 48.1 Å². The van der Waals surface area contributed by atoms with Gasteiger partial charge in [-0.2, -0.15) is 0 Å². The Morgan fingerprint density at radius 1 is 1.26 bits per heavy atom. The van der Waals surface area contributed by atoms with Crippen LogP contribution in [0.2, 0.25) is 0 Å². The Bertz CT molecular complexity index is 612. The number of β-amino-alcohol motifs (C(OH)–C–C–N with tert-alkyl or cyclic N) is 1. The summed E-state index contributed by atoms with van der Waals surface area (Å²) in [5.41, 5.74) is 2.02. The molecule has 1 aliphatic heterocycles. The van der Waals surface area contributed by atoms with E-state index in [-0.39, 0.29) is 6.10 Å². The third-order valence-electron chi connectivity index (χ3n) is 4.30. The number of aliphatic hydroxyl groups excluding tert-OH is 1. The summed E-state index contributed by atoms with van der Waals surface area (Å²) < 4.78 is 1.82. The van der Waals surface area contributed by atoms with Crippen LogP contribution in [0.4, 0.5) is 0 Å². The van der Waals surface area contributed by atoms with Crippen LogP contribution in [0.15, 0.2) is 36.5 Å². The number of piperazine rings is 1. The standard InChI is InChI=1S/C17H25N5O/c1-14-10-20(8-9-21(14)11-15(2)23)12-16-13-22(19-18-16)17-6-4-3-5-7-17/h3-7,13-15,23H,8-12H2,1-2H3. The molecule has 2 unspecified atom stereocenters. The van der Waals surface area contributed by atoms with Gasteiger partial charge in [-0.1, -0.05) is 23.4 Å².